The van der Waals surface area contributed by atoms with Crippen LogP contribution < -0.4 is 10.6 Å². The number of hydrogen-bond donors (Lipinski definition) is 1. The molecule has 6 heteroatoms. The average molecular weight is 268 g/mol. The molecule has 0 aliphatic rings. The third-order valence-corrected chi connectivity index (χ3v) is 3.74. The van der Waals surface area contributed by atoms with Crippen LogP contribution in [0.15, 0.2) is 12.1 Å². The molecule has 0 aliphatic carbocycles. The monoisotopic (exact) mass is 268 g/mol. The largest absolute Gasteiger partial charge is 0.364 e. The lowest BCUT2D eigenvalue weighted by Gasteiger charge is -2.25. The number of hydrogen-bond acceptors (Lipinski definition) is 5. The molecule has 0 spiro atoms. The van der Waals surface area contributed by atoms with E-state index in [2.05, 4.69) is 28.9 Å². The first-order valence-electron chi connectivity index (χ1n) is 6.00. The molecule has 0 saturated heterocycles. The Labute approximate surface area is 112 Å². The Morgan fingerprint density at radius 2 is 2.22 bits per heavy atom. The molecular weight excluding hydrogens is 248 g/mol. The van der Waals surface area contributed by atoms with E-state index >= 15 is 0 Å². The van der Waals surface area contributed by atoms with Gasteiger partial charge in [0, 0.05) is 13.1 Å². The van der Waals surface area contributed by atoms with Crippen molar-refractivity contribution >= 4 is 23.5 Å². The van der Waals surface area contributed by atoms with Gasteiger partial charge in [-0.2, -0.15) is 11.8 Å². The van der Waals surface area contributed by atoms with Crippen LogP contribution in [0.1, 0.15) is 30.8 Å². The van der Waals surface area contributed by atoms with Crippen LogP contribution in [0.4, 0.5) is 5.82 Å². The third kappa shape index (κ3) is 4.18. The topological polar surface area (TPSA) is 72.1 Å². The van der Waals surface area contributed by atoms with Crippen molar-refractivity contribution in [1.82, 2.24) is 10.2 Å². The van der Waals surface area contributed by atoms with Crippen LogP contribution in [0.25, 0.3) is 0 Å². The van der Waals surface area contributed by atoms with Crippen LogP contribution in [0.5, 0.6) is 0 Å². The van der Waals surface area contributed by atoms with Gasteiger partial charge in [-0.15, -0.1) is 10.2 Å². The molecule has 0 saturated carbocycles. The molecule has 1 unspecified atom stereocenters. The number of nitrogens with two attached hydrogens (primary N) is 1. The van der Waals surface area contributed by atoms with E-state index in [9.17, 15) is 4.79 Å². The SMILES string of the molecule is CCSCCC(C)N(C)c1ccc(C(N)=O)nn1. The maximum Gasteiger partial charge on any atom is 0.269 e. The number of rotatable bonds is 7. The van der Waals surface area contributed by atoms with Gasteiger partial charge in [-0.1, -0.05) is 6.92 Å². The highest BCUT2D eigenvalue weighted by atomic mass is 32.2. The van der Waals surface area contributed by atoms with Crippen LogP contribution in [-0.4, -0.2) is 40.7 Å². The van der Waals surface area contributed by atoms with Crippen LogP contribution in [0, 0.1) is 0 Å². The molecule has 0 bridgehead atoms. The van der Waals surface area contributed by atoms with Crippen molar-refractivity contribution in [1.29, 1.82) is 0 Å². The molecule has 0 aromatic carbocycles. The molecule has 0 aliphatic heterocycles. The lowest BCUT2D eigenvalue weighted by Crippen LogP contribution is -2.30. The summed E-state index contributed by atoms with van der Waals surface area (Å²) in [6, 6.07) is 3.77. The number of thioether (sulfide) groups is 1. The maximum absolute atomic E-state index is 10.9. The van der Waals surface area contributed by atoms with Crippen LogP contribution in [-0.2, 0) is 0 Å². The number of anilines is 1. The predicted molar refractivity (Wildman–Crippen MR) is 76.0 cm³/mol. The molecule has 0 radical (unpaired) electrons. The fourth-order valence-electron chi connectivity index (χ4n) is 1.46. The van der Waals surface area contributed by atoms with E-state index in [1.165, 1.54) is 0 Å². The minimum absolute atomic E-state index is 0.196. The quantitative estimate of drug-likeness (QED) is 0.759. The van der Waals surface area contributed by atoms with Gasteiger partial charge in [0.05, 0.1) is 0 Å². The molecule has 5 nitrogen and oxygen atoms in total. The molecule has 1 amide bonds. The van der Waals surface area contributed by atoms with Crippen molar-refractivity contribution in [2.24, 2.45) is 5.73 Å². The summed E-state index contributed by atoms with van der Waals surface area (Å²) in [7, 11) is 1.98. The number of carbonyl (C=O) groups excluding carboxylic acids is 1. The van der Waals surface area contributed by atoms with Crippen LogP contribution >= 0.6 is 11.8 Å². The highest BCUT2D eigenvalue weighted by Gasteiger charge is 2.12. The summed E-state index contributed by atoms with van der Waals surface area (Å²) in [5, 5.41) is 7.82. The lowest BCUT2D eigenvalue weighted by atomic mass is 10.2. The van der Waals surface area contributed by atoms with Crippen molar-refractivity contribution in [3.8, 4) is 0 Å². The van der Waals surface area contributed by atoms with Gasteiger partial charge in [0.1, 0.15) is 0 Å². The van der Waals surface area contributed by atoms with E-state index in [1.807, 2.05) is 18.8 Å². The Hall–Kier alpha value is -1.30. The molecule has 1 aromatic heterocycles. The summed E-state index contributed by atoms with van der Waals surface area (Å²) >= 11 is 1.93. The van der Waals surface area contributed by atoms with Crippen molar-refractivity contribution < 1.29 is 4.79 Å². The second-order valence-electron chi connectivity index (χ2n) is 4.09. The van der Waals surface area contributed by atoms with Gasteiger partial charge < -0.3 is 10.6 Å². The Morgan fingerprint density at radius 1 is 1.50 bits per heavy atom. The Bertz CT molecular complexity index is 382. The minimum atomic E-state index is -0.552. The molecule has 1 atom stereocenters. The van der Waals surface area contributed by atoms with E-state index in [1.54, 1.807) is 12.1 Å². The van der Waals surface area contributed by atoms with Gasteiger partial charge in [-0.25, -0.2) is 0 Å². The zero-order chi connectivity index (χ0) is 13.5. The van der Waals surface area contributed by atoms with Gasteiger partial charge in [-0.3, -0.25) is 4.79 Å². The van der Waals surface area contributed by atoms with Crippen LogP contribution in [0.3, 0.4) is 0 Å². The van der Waals surface area contributed by atoms with Gasteiger partial charge in [0.25, 0.3) is 5.91 Å². The second kappa shape index (κ2) is 7.20. The summed E-state index contributed by atoms with van der Waals surface area (Å²) < 4.78 is 0. The first kappa shape index (κ1) is 14.8. The molecule has 1 aromatic rings. The normalized spacial score (nSPS) is 12.2. The Kier molecular flexibility index (Phi) is 5.91. The predicted octanol–water partition coefficient (Wildman–Crippen LogP) is 1.54. The van der Waals surface area contributed by atoms with E-state index in [0.717, 1.165) is 23.7 Å². The molecule has 2 N–H and O–H groups in total. The number of primary amides is 1. The highest BCUT2D eigenvalue weighted by molar-refractivity contribution is 7.99. The fraction of sp³-hybridized carbons (Fsp3) is 0.583. The van der Waals surface area contributed by atoms with E-state index in [-0.39, 0.29) is 5.69 Å². The van der Waals surface area contributed by atoms with Crippen molar-refractivity contribution in [3.63, 3.8) is 0 Å². The zero-order valence-corrected chi connectivity index (χ0v) is 11.9. The number of amides is 1. The summed E-state index contributed by atoms with van der Waals surface area (Å²) in [6.07, 6.45) is 1.09. The van der Waals surface area contributed by atoms with Crippen molar-refractivity contribution in [3.05, 3.63) is 17.8 Å². The summed E-state index contributed by atoms with van der Waals surface area (Å²) in [4.78, 5) is 13.0. The average Bonchev–Trinajstić information content (AvgIpc) is 2.38. The minimum Gasteiger partial charge on any atom is -0.364 e. The molecular formula is C12H20N4OS. The van der Waals surface area contributed by atoms with E-state index < -0.39 is 5.91 Å². The molecule has 1 heterocycles. The first-order chi connectivity index (χ1) is 8.56. The summed E-state index contributed by atoms with van der Waals surface area (Å²) in [5.41, 5.74) is 5.32. The fourth-order valence-corrected chi connectivity index (χ4v) is 2.26. The molecule has 0 fully saturated rings. The van der Waals surface area contributed by atoms with Crippen LogP contribution in [0.2, 0.25) is 0 Å². The van der Waals surface area contributed by atoms with Crippen molar-refractivity contribution in [2.45, 2.75) is 26.3 Å². The lowest BCUT2D eigenvalue weighted by molar-refractivity contribution is 0.0994. The summed E-state index contributed by atoms with van der Waals surface area (Å²) in [5.74, 6) is 2.48. The van der Waals surface area contributed by atoms with Gasteiger partial charge in [0.15, 0.2) is 11.5 Å². The van der Waals surface area contributed by atoms with E-state index in [4.69, 9.17) is 5.73 Å². The van der Waals surface area contributed by atoms with Gasteiger partial charge in [0.2, 0.25) is 0 Å². The second-order valence-corrected chi connectivity index (χ2v) is 5.48. The Balaban J connectivity index is 2.59. The number of nitrogens with zero attached hydrogens (tertiary/aromatic N) is 3. The summed E-state index contributed by atoms with van der Waals surface area (Å²) in [6.45, 7) is 4.31. The number of aromatic nitrogens is 2. The van der Waals surface area contributed by atoms with Gasteiger partial charge >= 0.3 is 0 Å². The molecule has 18 heavy (non-hydrogen) atoms. The Morgan fingerprint density at radius 3 is 2.72 bits per heavy atom. The highest BCUT2D eigenvalue weighted by Crippen LogP contribution is 2.14. The zero-order valence-electron chi connectivity index (χ0n) is 11.1. The smallest absolute Gasteiger partial charge is 0.269 e. The third-order valence-electron chi connectivity index (χ3n) is 2.81. The number of carbonyl (C=O) groups is 1. The molecule has 100 valence electrons. The first-order valence-corrected chi connectivity index (χ1v) is 7.15. The van der Waals surface area contributed by atoms with Crippen molar-refractivity contribution in [2.75, 3.05) is 23.5 Å². The van der Waals surface area contributed by atoms with Gasteiger partial charge in [-0.05, 0) is 37.0 Å². The molecule has 1 rings (SSSR count). The van der Waals surface area contributed by atoms with E-state index in [0.29, 0.717) is 6.04 Å². The standard InChI is InChI=1S/C12H20N4OS/c1-4-18-8-7-9(2)16(3)11-6-5-10(12(13)17)14-15-11/h5-6,9H,4,7-8H2,1-3H3,(H2,13,17). The maximum atomic E-state index is 10.9.